The van der Waals surface area contributed by atoms with Gasteiger partial charge in [-0.1, -0.05) is 13.8 Å². The normalized spacial score (nSPS) is 14.9. The van der Waals surface area contributed by atoms with E-state index in [-0.39, 0.29) is 5.91 Å². The Bertz CT molecular complexity index is 215. The van der Waals surface area contributed by atoms with Crippen molar-refractivity contribution in [1.29, 1.82) is 0 Å². The van der Waals surface area contributed by atoms with Crippen LogP contribution in [0.3, 0.4) is 0 Å². The Morgan fingerprint density at radius 2 is 1.76 bits per heavy atom. The molecule has 17 heavy (non-hydrogen) atoms. The number of primary amides is 1. The first-order chi connectivity index (χ1) is 8.00. The number of hydrogen-bond acceptors (Lipinski definition) is 3. The summed E-state index contributed by atoms with van der Waals surface area (Å²) in [5.41, 5.74) is 4.84. The molecule has 102 valence electrons. The molecule has 0 aromatic rings. The van der Waals surface area contributed by atoms with Gasteiger partial charge >= 0.3 is 0 Å². The highest BCUT2D eigenvalue weighted by Gasteiger charge is 2.28. The predicted molar refractivity (Wildman–Crippen MR) is 72.9 cm³/mol. The van der Waals surface area contributed by atoms with E-state index < -0.39 is 5.54 Å². The lowest BCUT2D eigenvalue weighted by atomic mass is 9.95. The Hall–Kier alpha value is -0.610. The van der Waals surface area contributed by atoms with Gasteiger partial charge in [-0.15, -0.1) is 0 Å². The second-order valence-corrected chi connectivity index (χ2v) is 4.89. The molecule has 3 N–H and O–H groups in total. The summed E-state index contributed by atoms with van der Waals surface area (Å²) in [6.07, 6.45) is 4.15. The fraction of sp³-hybridized carbons (Fsp3) is 0.923. The molecule has 0 aliphatic heterocycles. The molecule has 1 amide bonds. The minimum atomic E-state index is -0.565. The van der Waals surface area contributed by atoms with Gasteiger partial charge < -0.3 is 16.0 Å². The van der Waals surface area contributed by atoms with Gasteiger partial charge in [0.1, 0.15) is 0 Å². The number of rotatable bonds is 10. The maximum Gasteiger partial charge on any atom is 0.237 e. The first-order valence-electron chi connectivity index (χ1n) is 6.71. The molecule has 1 unspecified atom stereocenters. The van der Waals surface area contributed by atoms with E-state index in [1.165, 1.54) is 12.8 Å². The Balaban J connectivity index is 4.04. The van der Waals surface area contributed by atoms with Crippen molar-refractivity contribution in [2.45, 2.75) is 52.0 Å². The van der Waals surface area contributed by atoms with Crippen LogP contribution in [0.1, 0.15) is 46.5 Å². The van der Waals surface area contributed by atoms with E-state index in [1.807, 2.05) is 6.92 Å². The number of carbonyl (C=O) groups is 1. The molecular formula is C13H29N3O. The van der Waals surface area contributed by atoms with Gasteiger partial charge in [-0.2, -0.15) is 0 Å². The third-order valence-electron chi connectivity index (χ3n) is 3.33. The van der Waals surface area contributed by atoms with Crippen LogP contribution in [0, 0.1) is 0 Å². The van der Waals surface area contributed by atoms with Crippen LogP contribution in [0.15, 0.2) is 0 Å². The molecule has 0 aliphatic carbocycles. The number of nitrogens with two attached hydrogens (primary N) is 1. The summed E-state index contributed by atoms with van der Waals surface area (Å²) in [6, 6.07) is 0. The number of likely N-dealkylation sites (N-methyl/N-ethyl adjacent to an activating group) is 1. The van der Waals surface area contributed by atoms with Gasteiger partial charge in [-0.05, 0) is 59.3 Å². The van der Waals surface area contributed by atoms with Gasteiger partial charge in [0.15, 0.2) is 0 Å². The van der Waals surface area contributed by atoms with Crippen LogP contribution in [0.4, 0.5) is 0 Å². The quantitative estimate of drug-likeness (QED) is 0.609. The van der Waals surface area contributed by atoms with Crippen LogP contribution in [-0.4, -0.2) is 43.0 Å². The average molecular weight is 243 g/mol. The zero-order valence-corrected chi connectivity index (χ0v) is 11.9. The summed E-state index contributed by atoms with van der Waals surface area (Å²) >= 11 is 0. The summed E-state index contributed by atoms with van der Waals surface area (Å²) in [6.45, 7) is 9.60. The van der Waals surface area contributed by atoms with Gasteiger partial charge in [0.05, 0.1) is 5.54 Å². The van der Waals surface area contributed by atoms with Crippen molar-refractivity contribution in [1.82, 2.24) is 10.2 Å². The molecule has 0 radical (unpaired) electrons. The van der Waals surface area contributed by atoms with Crippen molar-refractivity contribution in [3.05, 3.63) is 0 Å². The van der Waals surface area contributed by atoms with Crippen LogP contribution >= 0.6 is 0 Å². The van der Waals surface area contributed by atoms with Crippen molar-refractivity contribution < 1.29 is 4.79 Å². The molecule has 0 saturated carbocycles. The lowest BCUT2D eigenvalue weighted by Crippen LogP contribution is -2.51. The summed E-state index contributed by atoms with van der Waals surface area (Å²) in [4.78, 5) is 13.8. The molecule has 0 bridgehead atoms. The van der Waals surface area contributed by atoms with Gasteiger partial charge in [0.2, 0.25) is 5.91 Å². The molecular weight excluding hydrogens is 214 g/mol. The van der Waals surface area contributed by atoms with E-state index >= 15 is 0 Å². The molecule has 0 saturated heterocycles. The van der Waals surface area contributed by atoms with E-state index in [1.54, 1.807) is 7.05 Å². The SMILES string of the molecule is CCCN(CCC)CCCC(C)(NC)C(N)=O. The monoisotopic (exact) mass is 243 g/mol. The molecule has 0 heterocycles. The molecule has 1 atom stereocenters. The predicted octanol–water partition coefficient (Wildman–Crippen LogP) is 1.35. The minimum Gasteiger partial charge on any atom is -0.368 e. The number of nitrogens with zero attached hydrogens (tertiary/aromatic N) is 1. The van der Waals surface area contributed by atoms with Crippen molar-refractivity contribution in [3.63, 3.8) is 0 Å². The summed E-state index contributed by atoms with van der Waals surface area (Å²) < 4.78 is 0. The Morgan fingerprint density at radius 3 is 2.12 bits per heavy atom. The first kappa shape index (κ1) is 16.4. The largest absolute Gasteiger partial charge is 0.368 e. The minimum absolute atomic E-state index is 0.266. The van der Waals surface area contributed by atoms with Crippen molar-refractivity contribution in [2.24, 2.45) is 5.73 Å². The third kappa shape index (κ3) is 6.03. The lowest BCUT2D eigenvalue weighted by molar-refractivity contribution is -0.123. The fourth-order valence-electron chi connectivity index (χ4n) is 2.00. The highest BCUT2D eigenvalue weighted by atomic mass is 16.1. The van der Waals surface area contributed by atoms with Crippen LogP contribution in [0.5, 0.6) is 0 Å². The van der Waals surface area contributed by atoms with Crippen LogP contribution in [0.2, 0.25) is 0 Å². The fourth-order valence-corrected chi connectivity index (χ4v) is 2.00. The molecule has 0 aromatic heterocycles. The Labute approximate surface area is 106 Å². The second kappa shape index (κ2) is 8.48. The first-order valence-corrected chi connectivity index (χ1v) is 6.71. The number of carbonyl (C=O) groups excluding carboxylic acids is 1. The standard InChI is InChI=1S/C13H29N3O/c1-5-9-16(10-6-2)11-7-8-13(3,15-4)12(14)17/h15H,5-11H2,1-4H3,(H2,14,17). The third-order valence-corrected chi connectivity index (χ3v) is 3.33. The topological polar surface area (TPSA) is 58.4 Å². The maximum absolute atomic E-state index is 11.3. The summed E-state index contributed by atoms with van der Waals surface area (Å²) in [5, 5.41) is 3.02. The average Bonchev–Trinajstić information content (AvgIpc) is 2.29. The smallest absolute Gasteiger partial charge is 0.237 e. The van der Waals surface area contributed by atoms with E-state index in [4.69, 9.17) is 5.73 Å². The van der Waals surface area contributed by atoms with Crippen LogP contribution < -0.4 is 11.1 Å². The summed E-state index contributed by atoms with van der Waals surface area (Å²) in [7, 11) is 1.79. The summed E-state index contributed by atoms with van der Waals surface area (Å²) in [5.74, 6) is -0.266. The molecule has 4 nitrogen and oxygen atoms in total. The lowest BCUT2D eigenvalue weighted by Gasteiger charge is -2.27. The number of hydrogen-bond donors (Lipinski definition) is 2. The van der Waals surface area contributed by atoms with Gasteiger partial charge in [0.25, 0.3) is 0 Å². The van der Waals surface area contributed by atoms with Crippen molar-refractivity contribution in [3.8, 4) is 0 Å². The molecule has 0 fully saturated rings. The Morgan fingerprint density at radius 1 is 1.24 bits per heavy atom. The van der Waals surface area contributed by atoms with Gasteiger partial charge in [-0.3, -0.25) is 4.79 Å². The highest BCUT2D eigenvalue weighted by molar-refractivity contribution is 5.84. The molecule has 0 aliphatic rings. The zero-order valence-electron chi connectivity index (χ0n) is 11.9. The molecule has 0 aromatic carbocycles. The molecule has 0 rings (SSSR count). The van der Waals surface area contributed by atoms with Crippen molar-refractivity contribution >= 4 is 5.91 Å². The van der Waals surface area contributed by atoms with Crippen molar-refractivity contribution in [2.75, 3.05) is 26.7 Å². The van der Waals surface area contributed by atoms with Crippen LogP contribution in [-0.2, 0) is 4.79 Å². The van der Waals surface area contributed by atoms with E-state index in [0.717, 1.165) is 32.5 Å². The highest BCUT2D eigenvalue weighted by Crippen LogP contribution is 2.12. The van der Waals surface area contributed by atoms with Gasteiger partial charge in [0, 0.05) is 0 Å². The molecule has 4 heteroatoms. The van der Waals surface area contributed by atoms with E-state index in [9.17, 15) is 4.79 Å². The second-order valence-electron chi connectivity index (χ2n) is 4.89. The van der Waals surface area contributed by atoms with Gasteiger partial charge in [-0.25, -0.2) is 0 Å². The Kier molecular flexibility index (Phi) is 8.17. The zero-order chi connectivity index (χ0) is 13.3. The van der Waals surface area contributed by atoms with E-state index in [2.05, 4.69) is 24.1 Å². The van der Waals surface area contributed by atoms with Crippen LogP contribution in [0.25, 0.3) is 0 Å². The number of amides is 1. The number of nitrogens with one attached hydrogen (secondary N) is 1. The molecule has 0 spiro atoms. The van der Waals surface area contributed by atoms with E-state index in [0.29, 0.717) is 0 Å². The maximum atomic E-state index is 11.3.